The van der Waals surface area contributed by atoms with E-state index in [1.807, 2.05) is 24.3 Å². The fourth-order valence-corrected chi connectivity index (χ4v) is 2.22. The largest absolute Gasteiger partial charge is 0.255 e. The highest BCUT2D eigenvalue weighted by Gasteiger charge is 2.11. The monoisotopic (exact) mass is 291 g/mol. The Balaban J connectivity index is 1.89. The van der Waals surface area contributed by atoms with E-state index in [0.29, 0.717) is 11.6 Å². The first-order valence-electron chi connectivity index (χ1n) is 6.70. The normalized spacial score (nSPS) is 11.0. The van der Waals surface area contributed by atoms with E-state index in [1.165, 1.54) is 12.1 Å². The van der Waals surface area contributed by atoms with Crippen molar-refractivity contribution < 1.29 is 4.39 Å². The first kappa shape index (κ1) is 12.6. The molecule has 0 N–H and O–H groups in total. The topological polar surface area (TPSA) is 56.0 Å². The van der Waals surface area contributed by atoms with Gasteiger partial charge in [0.15, 0.2) is 5.82 Å². The second kappa shape index (κ2) is 5.00. The molecule has 0 aliphatic carbocycles. The molecule has 4 aromatic rings. The molecule has 0 bridgehead atoms. The average Bonchev–Trinajstić information content (AvgIpc) is 3.00. The Kier molecular flexibility index (Phi) is 2.86. The number of hydrogen-bond acceptors (Lipinski definition) is 4. The first-order valence-corrected chi connectivity index (χ1v) is 6.70. The van der Waals surface area contributed by atoms with Crippen LogP contribution >= 0.6 is 0 Å². The van der Waals surface area contributed by atoms with Crippen LogP contribution in [0.15, 0.2) is 60.9 Å². The van der Waals surface area contributed by atoms with Crippen LogP contribution in [0.5, 0.6) is 0 Å². The van der Waals surface area contributed by atoms with Crippen LogP contribution in [0.1, 0.15) is 0 Å². The Labute approximate surface area is 125 Å². The quantitative estimate of drug-likeness (QED) is 0.569. The maximum atomic E-state index is 13.0. The lowest BCUT2D eigenvalue weighted by atomic mass is 10.2. The van der Waals surface area contributed by atoms with E-state index in [1.54, 1.807) is 29.0 Å². The van der Waals surface area contributed by atoms with Crippen LogP contribution in [0, 0.1) is 5.82 Å². The predicted octanol–water partition coefficient (Wildman–Crippen LogP) is 2.99. The molecular formula is C16H10FN5. The molecule has 1 aromatic carbocycles. The summed E-state index contributed by atoms with van der Waals surface area (Å²) in [5, 5.41) is 4.47. The lowest BCUT2D eigenvalue weighted by Crippen LogP contribution is -1.97. The summed E-state index contributed by atoms with van der Waals surface area (Å²) in [6, 6.07) is 13.5. The zero-order chi connectivity index (χ0) is 14.9. The van der Waals surface area contributed by atoms with Gasteiger partial charge >= 0.3 is 0 Å². The van der Waals surface area contributed by atoms with Gasteiger partial charge in [0.25, 0.3) is 5.78 Å². The molecule has 0 fully saturated rings. The van der Waals surface area contributed by atoms with E-state index in [9.17, 15) is 4.39 Å². The van der Waals surface area contributed by atoms with Gasteiger partial charge in [-0.1, -0.05) is 6.07 Å². The summed E-state index contributed by atoms with van der Waals surface area (Å²) in [7, 11) is 0. The highest BCUT2D eigenvalue weighted by Crippen LogP contribution is 2.20. The number of aromatic nitrogens is 5. The molecule has 0 saturated carbocycles. The van der Waals surface area contributed by atoms with Crippen molar-refractivity contribution >= 4 is 5.78 Å². The molecule has 0 radical (unpaired) electrons. The van der Waals surface area contributed by atoms with Crippen LogP contribution < -0.4 is 0 Å². The minimum Gasteiger partial charge on any atom is -0.255 e. The number of pyridine rings is 1. The molecule has 4 rings (SSSR count). The van der Waals surface area contributed by atoms with E-state index in [0.717, 1.165) is 17.0 Å². The van der Waals surface area contributed by atoms with Gasteiger partial charge in [-0.25, -0.2) is 9.37 Å². The second-order valence-electron chi connectivity index (χ2n) is 4.70. The Morgan fingerprint density at radius 3 is 2.50 bits per heavy atom. The summed E-state index contributed by atoms with van der Waals surface area (Å²) in [5.41, 5.74) is 2.32. The van der Waals surface area contributed by atoms with Crippen molar-refractivity contribution in [2.45, 2.75) is 0 Å². The number of hydrogen-bond donors (Lipinski definition) is 0. The Morgan fingerprint density at radius 1 is 0.864 bits per heavy atom. The van der Waals surface area contributed by atoms with Gasteiger partial charge in [-0.15, -0.1) is 5.10 Å². The molecular weight excluding hydrogens is 281 g/mol. The number of nitrogens with zero attached hydrogens (tertiary/aromatic N) is 5. The molecule has 0 spiro atoms. The first-order chi connectivity index (χ1) is 10.8. The van der Waals surface area contributed by atoms with Gasteiger partial charge in [-0.2, -0.15) is 9.50 Å². The van der Waals surface area contributed by atoms with E-state index in [-0.39, 0.29) is 5.82 Å². The molecule has 6 heteroatoms. The van der Waals surface area contributed by atoms with Gasteiger partial charge in [0.1, 0.15) is 5.82 Å². The molecule has 3 heterocycles. The van der Waals surface area contributed by atoms with Gasteiger partial charge in [0.05, 0.1) is 11.4 Å². The van der Waals surface area contributed by atoms with Crippen molar-refractivity contribution in [1.29, 1.82) is 0 Å². The highest BCUT2D eigenvalue weighted by molar-refractivity contribution is 5.61. The van der Waals surface area contributed by atoms with Gasteiger partial charge in [0, 0.05) is 18.0 Å². The van der Waals surface area contributed by atoms with E-state index >= 15 is 0 Å². The van der Waals surface area contributed by atoms with Crippen LogP contribution in [-0.4, -0.2) is 24.6 Å². The van der Waals surface area contributed by atoms with Crippen molar-refractivity contribution in [3.8, 4) is 22.8 Å². The lowest BCUT2D eigenvalue weighted by Gasteiger charge is -2.01. The fourth-order valence-electron chi connectivity index (χ4n) is 2.22. The molecule has 0 atom stereocenters. The van der Waals surface area contributed by atoms with Gasteiger partial charge in [-0.05, 0) is 42.5 Å². The Bertz CT molecular complexity index is 932. The third kappa shape index (κ3) is 2.10. The third-order valence-corrected chi connectivity index (χ3v) is 3.27. The van der Waals surface area contributed by atoms with Gasteiger partial charge < -0.3 is 0 Å². The molecule has 106 valence electrons. The van der Waals surface area contributed by atoms with E-state index in [4.69, 9.17) is 0 Å². The Hall–Kier alpha value is -3.15. The Morgan fingerprint density at radius 2 is 1.73 bits per heavy atom. The molecule has 0 unspecified atom stereocenters. The summed E-state index contributed by atoms with van der Waals surface area (Å²) >= 11 is 0. The van der Waals surface area contributed by atoms with Crippen molar-refractivity contribution in [3.63, 3.8) is 0 Å². The number of rotatable bonds is 2. The van der Waals surface area contributed by atoms with Crippen molar-refractivity contribution in [1.82, 2.24) is 24.6 Å². The van der Waals surface area contributed by atoms with E-state index in [2.05, 4.69) is 20.1 Å². The predicted molar refractivity (Wildman–Crippen MR) is 79.4 cm³/mol. The summed E-state index contributed by atoms with van der Waals surface area (Å²) in [4.78, 5) is 12.9. The summed E-state index contributed by atoms with van der Waals surface area (Å²) in [6.45, 7) is 0. The molecule has 0 amide bonds. The second-order valence-corrected chi connectivity index (χ2v) is 4.70. The van der Waals surface area contributed by atoms with E-state index < -0.39 is 0 Å². The van der Waals surface area contributed by atoms with Crippen LogP contribution in [-0.2, 0) is 0 Å². The SMILES string of the molecule is Fc1ccc(-c2nc3nccc(-c4ccccn4)n3n2)cc1. The molecule has 0 aliphatic rings. The fraction of sp³-hybridized carbons (Fsp3) is 0. The van der Waals surface area contributed by atoms with Crippen molar-refractivity contribution in [2.24, 2.45) is 0 Å². The maximum Gasteiger partial charge on any atom is 0.253 e. The molecule has 0 saturated heterocycles. The molecule has 5 nitrogen and oxygen atoms in total. The zero-order valence-electron chi connectivity index (χ0n) is 11.4. The number of halogens is 1. The standard InChI is InChI=1S/C16H10FN5/c17-12-6-4-11(5-7-12)15-20-16-19-10-8-14(22(16)21-15)13-3-1-2-9-18-13/h1-10H. The molecule has 3 aromatic heterocycles. The van der Waals surface area contributed by atoms with Crippen LogP contribution in [0.4, 0.5) is 4.39 Å². The van der Waals surface area contributed by atoms with Gasteiger partial charge in [-0.3, -0.25) is 4.98 Å². The van der Waals surface area contributed by atoms with Crippen molar-refractivity contribution in [2.75, 3.05) is 0 Å². The zero-order valence-corrected chi connectivity index (χ0v) is 11.4. The average molecular weight is 291 g/mol. The molecule has 22 heavy (non-hydrogen) atoms. The van der Waals surface area contributed by atoms with Gasteiger partial charge in [0.2, 0.25) is 0 Å². The van der Waals surface area contributed by atoms with Crippen LogP contribution in [0.3, 0.4) is 0 Å². The number of fused-ring (bicyclic) bond motifs is 1. The summed E-state index contributed by atoms with van der Waals surface area (Å²) in [6.07, 6.45) is 3.39. The minimum atomic E-state index is -0.292. The van der Waals surface area contributed by atoms with Crippen LogP contribution in [0.25, 0.3) is 28.6 Å². The highest BCUT2D eigenvalue weighted by atomic mass is 19.1. The summed E-state index contributed by atoms with van der Waals surface area (Å²) < 4.78 is 14.7. The summed E-state index contributed by atoms with van der Waals surface area (Å²) in [5.74, 6) is 0.679. The number of benzene rings is 1. The molecule has 0 aliphatic heterocycles. The van der Waals surface area contributed by atoms with Crippen LogP contribution in [0.2, 0.25) is 0 Å². The minimum absolute atomic E-state index is 0.292. The smallest absolute Gasteiger partial charge is 0.253 e. The lowest BCUT2D eigenvalue weighted by molar-refractivity contribution is 0.628. The third-order valence-electron chi connectivity index (χ3n) is 3.27. The van der Waals surface area contributed by atoms with Crippen molar-refractivity contribution in [3.05, 3.63) is 66.7 Å². The maximum absolute atomic E-state index is 13.0.